The van der Waals surface area contributed by atoms with Crippen LogP contribution in [0, 0.1) is 5.82 Å². The van der Waals surface area contributed by atoms with Crippen LogP contribution in [-0.4, -0.2) is 21.0 Å². The van der Waals surface area contributed by atoms with E-state index in [4.69, 9.17) is 0 Å². The second-order valence-corrected chi connectivity index (χ2v) is 4.15. The van der Waals surface area contributed by atoms with E-state index in [-0.39, 0.29) is 17.1 Å². The summed E-state index contributed by atoms with van der Waals surface area (Å²) >= 11 is 3.10. The number of phenols is 1. The first kappa shape index (κ1) is 12.4. The number of aromatic hydroxyl groups is 1. The van der Waals surface area contributed by atoms with Crippen molar-refractivity contribution in [3.05, 3.63) is 46.6 Å². The van der Waals surface area contributed by atoms with Crippen molar-refractivity contribution in [2.75, 3.05) is 5.32 Å². The number of hydrogen-bond acceptors (Lipinski definition) is 4. The number of hydrogen-bond donors (Lipinski definition) is 2. The largest absolute Gasteiger partial charge is 0.507 e. The molecule has 0 unspecified atom stereocenters. The lowest BCUT2D eigenvalue weighted by molar-refractivity contribution is 0.102. The molecule has 1 amide bonds. The number of carbonyl (C=O) groups is 1. The fourth-order valence-corrected chi connectivity index (χ4v) is 1.46. The molecule has 0 spiro atoms. The van der Waals surface area contributed by atoms with Gasteiger partial charge in [-0.15, -0.1) is 0 Å². The summed E-state index contributed by atoms with van der Waals surface area (Å²) in [5.41, 5.74) is -0.167. The van der Waals surface area contributed by atoms with E-state index in [1.165, 1.54) is 12.4 Å². The van der Waals surface area contributed by atoms with Gasteiger partial charge in [-0.05, 0) is 34.1 Å². The number of phenolic OH excluding ortho intramolecular Hbond substituents is 1. The number of halogens is 2. The van der Waals surface area contributed by atoms with Crippen LogP contribution in [0.2, 0.25) is 0 Å². The number of rotatable bonds is 2. The van der Waals surface area contributed by atoms with E-state index in [1.807, 2.05) is 0 Å². The molecule has 0 radical (unpaired) electrons. The van der Waals surface area contributed by atoms with Crippen molar-refractivity contribution in [3.8, 4) is 5.75 Å². The molecule has 7 heteroatoms. The van der Waals surface area contributed by atoms with Crippen LogP contribution in [0.5, 0.6) is 5.75 Å². The predicted molar refractivity (Wildman–Crippen MR) is 65.8 cm³/mol. The van der Waals surface area contributed by atoms with Crippen molar-refractivity contribution < 1.29 is 14.3 Å². The molecule has 2 aromatic rings. The maximum atomic E-state index is 13.0. The summed E-state index contributed by atoms with van der Waals surface area (Å²) in [4.78, 5) is 19.5. The quantitative estimate of drug-likeness (QED) is 0.892. The van der Waals surface area contributed by atoms with Crippen LogP contribution in [0.4, 0.5) is 10.2 Å². The standard InChI is InChI=1S/C11H7BrFN3O2/c12-9-4-15-10(5-14-9)16-11(18)7-3-6(13)1-2-8(7)17/h1-5,17H,(H,15,16,18). The average Bonchev–Trinajstić information content (AvgIpc) is 2.35. The summed E-state index contributed by atoms with van der Waals surface area (Å²) < 4.78 is 13.5. The van der Waals surface area contributed by atoms with Gasteiger partial charge in [0, 0.05) is 0 Å². The van der Waals surface area contributed by atoms with E-state index in [0.29, 0.717) is 4.60 Å². The molecule has 0 aliphatic carbocycles. The molecule has 1 aromatic heterocycles. The third-order valence-corrected chi connectivity index (χ3v) is 2.47. The van der Waals surface area contributed by atoms with Gasteiger partial charge in [0.1, 0.15) is 16.2 Å². The Bertz CT molecular complexity index is 589. The van der Waals surface area contributed by atoms with Gasteiger partial charge < -0.3 is 10.4 Å². The summed E-state index contributed by atoms with van der Waals surface area (Å²) in [7, 11) is 0. The molecule has 2 rings (SSSR count). The summed E-state index contributed by atoms with van der Waals surface area (Å²) in [6.07, 6.45) is 2.74. The lowest BCUT2D eigenvalue weighted by atomic mass is 10.2. The van der Waals surface area contributed by atoms with Gasteiger partial charge in [-0.3, -0.25) is 4.79 Å². The number of carbonyl (C=O) groups excluding carboxylic acids is 1. The first-order chi connectivity index (χ1) is 8.56. The SMILES string of the molecule is O=C(Nc1cnc(Br)cn1)c1cc(F)ccc1O. The van der Waals surface area contributed by atoms with Crippen molar-refractivity contribution in [1.29, 1.82) is 0 Å². The lowest BCUT2D eigenvalue weighted by Gasteiger charge is -2.05. The highest BCUT2D eigenvalue weighted by atomic mass is 79.9. The molecular weight excluding hydrogens is 305 g/mol. The Kier molecular flexibility index (Phi) is 3.52. The minimum absolute atomic E-state index is 0.167. The van der Waals surface area contributed by atoms with Crippen LogP contribution in [0.3, 0.4) is 0 Å². The van der Waals surface area contributed by atoms with E-state index in [1.54, 1.807) is 0 Å². The molecule has 2 N–H and O–H groups in total. The molecule has 5 nitrogen and oxygen atoms in total. The van der Waals surface area contributed by atoms with Crippen LogP contribution in [0.25, 0.3) is 0 Å². The summed E-state index contributed by atoms with van der Waals surface area (Å²) in [5, 5.41) is 11.8. The maximum Gasteiger partial charge on any atom is 0.260 e. The van der Waals surface area contributed by atoms with E-state index in [2.05, 4.69) is 31.2 Å². The van der Waals surface area contributed by atoms with Gasteiger partial charge in [0.25, 0.3) is 5.91 Å². The Morgan fingerprint density at radius 1 is 1.33 bits per heavy atom. The van der Waals surface area contributed by atoms with E-state index in [0.717, 1.165) is 18.2 Å². The van der Waals surface area contributed by atoms with Crippen LogP contribution in [0.1, 0.15) is 10.4 Å². The number of amides is 1. The van der Waals surface area contributed by atoms with Crippen LogP contribution < -0.4 is 5.32 Å². The van der Waals surface area contributed by atoms with Crippen molar-refractivity contribution in [2.24, 2.45) is 0 Å². The Morgan fingerprint density at radius 3 is 2.78 bits per heavy atom. The van der Waals surface area contributed by atoms with Crippen molar-refractivity contribution >= 4 is 27.7 Å². The van der Waals surface area contributed by atoms with E-state index in [9.17, 15) is 14.3 Å². The highest BCUT2D eigenvalue weighted by Crippen LogP contribution is 2.19. The van der Waals surface area contributed by atoms with Crippen molar-refractivity contribution in [2.45, 2.75) is 0 Å². The highest BCUT2D eigenvalue weighted by molar-refractivity contribution is 9.10. The molecule has 0 bridgehead atoms. The minimum atomic E-state index is -0.663. The predicted octanol–water partition coefficient (Wildman–Crippen LogP) is 2.34. The molecule has 1 heterocycles. The van der Waals surface area contributed by atoms with Gasteiger partial charge in [0.15, 0.2) is 5.82 Å². The van der Waals surface area contributed by atoms with Gasteiger partial charge in [0.2, 0.25) is 0 Å². The summed E-state index contributed by atoms with van der Waals surface area (Å²) in [6, 6.07) is 3.11. The maximum absolute atomic E-state index is 13.0. The average molecular weight is 312 g/mol. The molecule has 18 heavy (non-hydrogen) atoms. The van der Waals surface area contributed by atoms with Crippen molar-refractivity contribution in [3.63, 3.8) is 0 Å². The number of aromatic nitrogens is 2. The minimum Gasteiger partial charge on any atom is -0.507 e. The van der Waals surface area contributed by atoms with Gasteiger partial charge in [0.05, 0.1) is 18.0 Å². The first-order valence-electron chi connectivity index (χ1n) is 4.83. The summed E-state index contributed by atoms with van der Waals surface area (Å²) in [6.45, 7) is 0. The van der Waals surface area contributed by atoms with E-state index >= 15 is 0 Å². The van der Waals surface area contributed by atoms with Crippen LogP contribution in [0.15, 0.2) is 35.2 Å². The lowest BCUT2D eigenvalue weighted by Crippen LogP contribution is -2.13. The van der Waals surface area contributed by atoms with Crippen LogP contribution in [-0.2, 0) is 0 Å². The zero-order chi connectivity index (χ0) is 13.1. The fourth-order valence-electron chi connectivity index (χ4n) is 1.25. The Balaban J connectivity index is 2.21. The number of nitrogens with zero attached hydrogens (tertiary/aromatic N) is 2. The van der Waals surface area contributed by atoms with Gasteiger partial charge in [-0.25, -0.2) is 14.4 Å². The Hall–Kier alpha value is -2.02. The number of anilines is 1. The summed E-state index contributed by atoms with van der Waals surface area (Å²) in [5.74, 6) is -1.38. The van der Waals surface area contributed by atoms with Crippen molar-refractivity contribution in [1.82, 2.24) is 9.97 Å². The highest BCUT2D eigenvalue weighted by Gasteiger charge is 2.13. The van der Waals surface area contributed by atoms with E-state index < -0.39 is 11.7 Å². The van der Waals surface area contributed by atoms with Crippen LogP contribution >= 0.6 is 15.9 Å². The normalized spacial score (nSPS) is 10.1. The van der Waals surface area contributed by atoms with Gasteiger partial charge >= 0.3 is 0 Å². The second-order valence-electron chi connectivity index (χ2n) is 3.34. The van der Waals surface area contributed by atoms with Gasteiger partial charge in [-0.2, -0.15) is 0 Å². The molecule has 0 aliphatic heterocycles. The topological polar surface area (TPSA) is 75.1 Å². The Morgan fingerprint density at radius 2 is 2.11 bits per heavy atom. The first-order valence-corrected chi connectivity index (χ1v) is 5.63. The molecule has 0 saturated carbocycles. The molecule has 0 saturated heterocycles. The zero-order valence-electron chi connectivity index (χ0n) is 8.89. The molecule has 1 aromatic carbocycles. The third-order valence-electron chi connectivity index (χ3n) is 2.07. The molecule has 0 atom stereocenters. The molecule has 0 fully saturated rings. The number of nitrogens with one attached hydrogen (secondary N) is 1. The second kappa shape index (κ2) is 5.09. The third kappa shape index (κ3) is 2.80. The smallest absolute Gasteiger partial charge is 0.260 e. The zero-order valence-corrected chi connectivity index (χ0v) is 10.5. The fraction of sp³-hybridized carbons (Fsp3) is 0. The number of benzene rings is 1. The molecular formula is C11H7BrFN3O2. The molecule has 0 aliphatic rings. The van der Waals surface area contributed by atoms with Gasteiger partial charge in [-0.1, -0.05) is 0 Å². The molecule has 92 valence electrons. The Labute approximate surface area is 110 Å². The monoisotopic (exact) mass is 311 g/mol.